The molecule has 0 unspecified atom stereocenters. The minimum Gasteiger partial charge on any atom is -0.389 e. The lowest BCUT2D eigenvalue weighted by Gasteiger charge is -2.15. The summed E-state index contributed by atoms with van der Waals surface area (Å²) in [5, 5.41) is 2.97. The Morgan fingerprint density at radius 3 is 2.52 bits per heavy atom. The number of hydrogen-bond acceptors (Lipinski definition) is 2. The Hall–Kier alpha value is -2.01. The van der Waals surface area contributed by atoms with Gasteiger partial charge in [0.1, 0.15) is 4.99 Å². The monoisotopic (exact) mass is 306 g/mol. The van der Waals surface area contributed by atoms with Crippen molar-refractivity contribution in [3.63, 3.8) is 0 Å². The van der Waals surface area contributed by atoms with Gasteiger partial charge < -0.3 is 11.1 Å². The molecule has 0 aromatic heterocycles. The predicted octanol–water partition coefficient (Wildman–Crippen LogP) is 4.21. The van der Waals surface area contributed by atoms with Crippen molar-refractivity contribution in [2.75, 3.05) is 5.32 Å². The van der Waals surface area contributed by atoms with Crippen molar-refractivity contribution in [3.05, 3.63) is 58.7 Å². The zero-order valence-electron chi connectivity index (χ0n) is 11.8. The molecule has 0 aliphatic rings. The number of hydrogen-bond donors (Lipinski definition) is 2. The summed E-state index contributed by atoms with van der Waals surface area (Å²) < 4.78 is 28.0. The maximum atomic E-state index is 14.1. The molecule has 110 valence electrons. The number of benzene rings is 2. The number of thiocarbonyl (C=S) groups is 1. The predicted molar refractivity (Wildman–Crippen MR) is 86.1 cm³/mol. The van der Waals surface area contributed by atoms with Crippen molar-refractivity contribution < 1.29 is 8.78 Å². The first-order valence-corrected chi connectivity index (χ1v) is 6.99. The Morgan fingerprint density at radius 2 is 1.90 bits per heavy atom. The van der Waals surface area contributed by atoms with Gasteiger partial charge in [0.25, 0.3) is 0 Å². The first-order chi connectivity index (χ1) is 9.95. The number of rotatable bonds is 4. The molecule has 0 aliphatic carbocycles. The van der Waals surface area contributed by atoms with Gasteiger partial charge in [0, 0.05) is 11.3 Å². The summed E-state index contributed by atoms with van der Waals surface area (Å²) in [5.41, 5.74) is 8.13. The molecule has 0 bridgehead atoms. The fourth-order valence-corrected chi connectivity index (χ4v) is 2.33. The third-order valence-electron chi connectivity index (χ3n) is 3.35. The van der Waals surface area contributed by atoms with E-state index in [9.17, 15) is 8.78 Å². The minimum atomic E-state index is -1.03. The molecular weight excluding hydrogens is 290 g/mol. The first-order valence-electron chi connectivity index (χ1n) is 6.59. The highest BCUT2D eigenvalue weighted by Crippen LogP contribution is 2.28. The summed E-state index contributed by atoms with van der Waals surface area (Å²) in [6.45, 7) is 3.92. The fourth-order valence-electron chi connectivity index (χ4n) is 2.17. The number of anilines is 2. The molecule has 2 nitrogen and oxygen atoms in total. The van der Waals surface area contributed by atoms with Gasteiger partial charge in [-0.1, -0.05) is 37.3 Å². The van der Waals surface area contributed by atoms with E-state index in [0.29, 0.717) is 0 Å². The van der Waals surface area contributed by atoms with Gasteiger partial charge in [-0.2, -0.15) is 0 Å². The summed E-state index contributed by atoms with van der Waals surface area (Å²) in [7, 11) is 0. The maximum absolute atomic E-state index is 14.1. The van der Waals surface area contributed by atoms with E-state index in [-0.39, 0.29) is 16.2 Å². The van der Waals surface area contributed by atoms with Crippen molar-refractivity contribution in [3.8, 4) is 0 Å². The first kappa shape index (κ1) is 15.4. The lowest BCUT2D eigenvalue weighted by atomic mass is 10.1. The van der Waals surface area contributed by atoms with Gasteiger partial charge in [-0.15, -0.1) is 0 Å². The Labute approximate surface area is 128 Å². The largest absolute Gasteiger partial charge is 0.389 e. The van der Waals surface area contributed by atoms with Crippen LogP contribution in [0.4, 0.5) is 20.2 Å². The van der Waals surface area contributed by atoms with Crippen LogP contribution < -0.4 is 11.1 Å². The summed E-state index contributed by atoms with van der Waals surface area (Å²) in [6.07, 6.45) is 0.791. The van der Waals surface area contributed by atoms with Gasteiger partial charge in [-0.3, -0.25) is 0 Å². The molecule has 0 fully saturated rings. The molecule has 0 aliphatic heterocycles. The molecule has 2 aromatic carbocycles. The Balaban J connectivity index is 2.46. The molecule has 2 aromatic rings. The standard InChI is InChI=1S/C16H16F2N2S/c1-3-10-6-4-5-9(2)15(10)20-12-8-7-11(16(19)21)13(17)14(12)18/h4-8,20H,3H2,1-2H3,(H2,19,21). The van der Waals surface area contributed by atoms with Crippen molar-refractivity contribution in [2.45, 2.75) is 20.3 Å². The minimum absolute atomic E-state index is 0.0662. The molecular formula is C16H16F2N2S. The van der Waals surface area contributed by atoms with Gasteiger partial charge in [0.15, 0.2) is 11.6 Å². The van der Waals surface area contributed by atoms with Crippen LogP contribution in [0.25, 0.3) is 0 Å². The highest BCUT2D eigenvalue weighted by molar-refractivity contribution is 7.80. The SMILES string of the molecule is CCc1cccc(C)c1Nc1ccc(C(N)=S)c(F)c1F. The second-order valence-electron chi connectivity index (χ2n) is 4.74. The van der Waals surface area contributed by atoms with E-state index >= 15 is 0 Å². The second-order valence-corrected chi connectivity index (χ2v) is 5.18. The molecule has 0 saturated carbocycles. The van der Waals surface area contributed by atoms with Crippen molar-refractivity contribution in [1.29, 1.82) is 0 Å². The zero-order valence-corrected chi connectivity index (χ0v) is 12.7. The molecule has 0 radical (unpaired) electrons. The third kappa shape index (κ3) is 3.03. The number of nitrogens with one attached hydrogen (secondary N) is 1. The molecule has 0 heterocycles. The summed E-state index contributed by atoms with van der Waals surface area (Å²) in [4.78, 5) is -0.164. The van der Waals surface area contributed by atoms with E-state index in [1.54, 1.807) is 0 Å². The molecule has 0 amide bonds. The van der Waals surface area contributed by atoms with Gasteiger partial charge in [0.2, 0.25) is 0 Å². The highest BCUT2D eigenvalue weighted by Gasteiger charge is 2.16. The van der Waals surface area contributed by atoms with Crippen LogP contribution in [0.2, 0.25) is 0 Å². The molecule has 2 rings (SSSR count). The molecule has 5 heteroatoms. The summed E-state index contributed by atoms with van der Waals surface area (Å²) >= 11 is 4.69. The topological polar surface area (TPSA) is 38.0 Å². The van der Waals surface area contributed by atoms with E-state index in [2.05, 4.69) is 5.32 Å². The van der Waals surface area contributed by atoms with E-state index in [0.717, 1.165) is 23.2 Å². The lowest BCUT2D eigenvalue weighted by Crippen LogP contribution is -2.13. The average molecular weight is 306 g/mol. The zero-order chi connectivity index (χ0) is 15.6. The van der Waals surface area contributed by atoms with Crippen LogP contribution in [0.5, 0.6) is 0 Å². The number of para-hydroxylation sites is 1. The van der Waals surface area contributed by atoms with Gasteiger partial charge >= 0.3 is 0 Å². The number of halogens is 2. The Morgan fingerprint density at radius 1 is 1.19 bits per heavy atom. The second kappa shape index (κ2) is 6.18. The van der Waals surface area contributed by atoms with Crippen LogP contribution in [-0.2, 0) is 6.42 Å². The lowest BCUT2D eigenvalue weighted by molar-refractivity contribution is 0.510. The third-order valence-corrected chi connectivity index (χ3v) is 3.57. The quantitative estimate of drug-likeness (QED) is 0.831. The molecule has 3 N–H and O–H groups in total. The normalized spacial score (nSPS) is 10.5. The van der Waals surface area contributed by atoms with E-state index in [1.165, 1.54) is 12.1 Å². The van der Waals surface area contributed by atoms with E-state index < -0.39 is 11.6 Å². The Kier molecular flexibility index (Phi) is 4.53. The number of aryl methyl sites for hydroxylation is 2. The molecule has 0 atom stereocenters. The van der Waals surface area contributed by atoms with E-state index in [4.69, 9.17) is 18.0 Å². The van der Waals surface area contributed by atoms with Crippen molar-refractivity contribution in [1.82, 2.24) is 0 Å². The molecule has 0 spiro atoms. The summed E-state index contributed by atoms with van der Waals surface area (Å²) in [5.74, 6) is -2.01. The highest BCUT2D eigenvalue weighted by atomic mass is 32.1. The van der Waals surface area contributed by atoms with Crippen LogP contribution in [0.1, 0.15) is 23.6 Å². The Bertz CT molecular complexity index is 699. The van der Waals surface area contributed by atoms with Gasteiger partial charge in [0.05, 0.1) is 5.69 Å². The fraction of sp³-hybridized carbons (Fsp3) is 0.188. The molecule has 0 saturated heterocycles. The van der Waals surface area contributed by atoms with Crippen LogP contribution in [0.15, 0.2) is 30.3 Å². The van der Waals surface area contributed by atoms with Crippen LogP contribution in [0.3, 0.4) is 0 Å². The number of nitrogens with two attached hydrogens (primary N) is 1. The smallest absolute Gasteiger partial charge is 0.182 e. The van der Waals surface area contributed by atoms with Crippen LogP contribution >= 0.6 is 12.2 Å². The van der Waals surface area contributed by atoms with E-state index in [1.807, 2.05) is 32.0 Å². The van der Waals surface area contributed by atoms with Gasteiger partial charge in [-0.05, 0) is 36.6 Å². The van der Waals surface area contributed by atoms with Crippen molar-refractivity contribution >= 4 is 28.6 Å². The van der Waals surface area contributed by atoms with Crippen LogP contribution in [0, 0.1) is 18.6 Å². The van der Waals surface area contributed by atoms with Gasteiger partial charge in [-0.25, -0.2) is 8.78 Å². The average Bonchev–Trinajstić information content (AvgIpc) is 2.45. The molecule has 21 heavy (non-hydrogen) atoms. The maximum Gasteiger partial charge on any atom is 0.182 e. The summed E-state index contributed by atoms with van der Waals surface area (Å²) in [6, 6.07) is 8.63. The van der Waals surface area contributed by atoms with Crippen LogP contribution in [-0.4, -0.2) is 4.99 Å². The van der Waals surface area contributed by atoms with Crippen molar-refractivity contribution in [2.24, 2.45) is 5.73 Å².